The Kier molecular flexibility index (Phi) is 7.77. The van der Waals surface area contributed by atoms with E-state index >= 15 is 0 Å². The zero-order chi connectivity index (χ0) is 37.2. The van der Waals surface area contributed by atoms with Gasteiger partial charge in [-0.15, -0.1) is 11.8 Å². The summed E-state index contributed by atoms with van der Waals surface area (Å²) < 4.78 is 31.3. The van der Waals surface area contributed by atoms with Crippen LogP contribution in [-0.2, 0) is 27.9 Å². The number of ether oxygens (including phenoxy) is 4. The predicted molar refractivity (Wildman–Crippen MR) is 202 cm³/mol. The van der Waals surface area contributed by atoms with Gasteiger partial charge in [-0.05, 0) is 74.0 Å². The molecule has 4 bridgehead atoms. The highest BCUT2D eigenvalue weighted by Gasteiger charge is 2.61. The van der Waals surface area contributed by atoms with Crippen LogP contribution in [0, 0.1) is 32.1 Å². The van der Waals surface area contributed by atoms with E-state index < -0.39 is 11.6 Å². The van der Waals surface area contributed by atoms with Crippen molar-refractivity contribution in [2.24, 2.45) is 0 Å². The van der Waals surface area contributed by atoms with Gasteiger partial charge in [0.1, 0.15) is 17.4 Å². The average molecular weight is 749 g/mol. The lowest BCUT2D eigenvalue weighted by Crippen LogP contribution is -2.69. The zero-order valence-corrected chi connectivity index (χ0v) is 32.0. The minimum Gasteiger partial charge on any atom is -0.504 e. The SMILES string of the molecule is CCN1[C@@H]2c3c(cc(C)c(OC)c3O)C[C@H]1[C@H](C#N)N1[C@H]2[C@@H]2SC[C@]3(NCCc4c3oc3ccccc43)C(=O)OCC[C@H]1c1c3c(c(C)c(C)c12)OCO3. The largest absolute Gasteiger partial charge is 0.504 e. The molecule has 7 aliphatic heterocycles. The third-order valence-corrected chi connectivity index (χ3v) is 14.7. The van der Waals surface area contributed by atoms with Gasteiger partial charge in [0.05, 0.1) is 25.8 Å². The van der Waals surface area contributed by atoms with Crippen LogP contribution in [0.1, 0.15) is 80.9 Å². The summed E-state index contributed by atoms with van der Waals surface area (Å²) in [4.78, 5) is 19.5. The molecule has 0 amide bonds. The van der Waals surface area contributed by atoms with Crippen LogP contribution in [0.15, 0.2) is 34.7 Å². The summed E-state index contributed by atoms with van der Waals surface area (Å²) >= 11 is 1.70. The van der Waals surface area contributed by atoms with Gasteiger partial charge in [-0.2, -0.15) is 5.26 Å². The molecule has 0 saturated carbocycles. The highest BCUT2D eigenvalue weighted by Crippen LogP contribution is 2.63. The topological polar surface area (TPSA) is 130 Å². The van der Waals surface area contributed by atoms with E-state index in [9.17, 15) is 15.2 Å². The molecule has 4 aromatic rings. The summed E-state index contributed by atoms with van der Waals surface area (Å²) in [7, 11) is 1.60. The molecule has 0 aliphatic carbocycles. The molecular weight excluding hydrogens is 705 g/mol. The van der Waals surface area contributed by atoms with E-state index in [4.69, 9.17) is 23.4 Å². The molecule has 7 atom stereocenters. The lowest BCUT2D eigenvalue weighted by molar-refractivity contribution is -0.153. The summed E-state index contributed by atoms with van der Waals surface area (Å²) in [6.07, 6.45) is 1.78. The first-order chi connectivity index (χ1) is 26.2. The first-order valence-electron chi connectivity index (χ1n) is 19.0. The number of nitriles is 1. The van der Waals surface area contributed by atoms with E-state index in [1.54, 1.807) is 18.9 Å². The van der Waals surface area contributed by atoms with Crippen molar-refractivity contribution in [1.82, 2.24) is 15.1 Å². The fraction of sp³-hybridized carbons (Fsp3) is 0.476. The van der Waals surface area contributed by atoms with Crippen molar-refractivity contribution in [3.63, 3.8) is 0 Å². The predicted octanol–water partition coefficient (Wildman–Crippen LogP) is 6.18. The molecule has 280 valence electrons. The second-order valence-corrected chi connectivity index (χ2v) is 16.6. The first-order valence-corrected chi connectivity index (χ1v) is 20.1. The molecule has 7 aliphatic rings. The van der Waals surface area contributed by atoms with Crippen LogP contribution >= 0.6 is 11.8 Å². The van der Waals surface area contributed by atoms with Crippen molar-refractivity contribution >= 4 is 28.7 Å². The van der Waals surface area contributed by atoms with Crippen LogP contribution in [0.2, 0.25) is 0 Å². The molecule has 2 N–H and O–H groups in total. The van der Waals surface area contributed by atoms with E-state index in [0.29, 0.717) is 43.2 Å². The molecule has 8 heterocycles. The number of esters is 1. The second kappa shape index (κ2) is 12.3. The molecule has 2 saturated heterocycles. The Morgan fingerprint density at radius 3 is 2.72 bits per heavy atom. The Hall–Kier alpha value is -4.41. The molecule has 0 radical (unpaired) electrons. The van der Waals surface area contributed by atoms with Gasteiger partial charge < -0.3 is 28.5 Å². The number of carbonyl (C=O) groups is 1. The standard InChI is InChI=1S/C42H44N4O7S/c1-6-45-27-16-23-15-20(2)36(49-5)35(47)31(23)33(45)34-39-30-21(3)22(4)37-38(52-19-51-37)32(30)26(46(34)28(27)17-43)12-14-50-41(48)42(18-54-39)40-25(11-13-44-42)24-9-7-8-10-29(24)53-40/h7-10,15,26-28,33-34,39,44,47H,6,11-14,16,18-19H2,1-5H3/t26-,27-,28-,33+,34+,39+,42+/m0/s1. The van der Waals surface area contributed by atoms with Crippen LogP contribution in [-0.4, -0.2) is 78.4 Å². The van der Waals surface area contributed by atoms with Gasteiger partial charge in [-0.25, -0.2) is 4.79 Å². The number of likely N-dealkylation sites (N-methyl/N-ethyl adjacent to an activating group) is 1. The minimum atomic E-state index is -1.24. The molecule has 3 aromatic carbocycles. The molecule has 0 unspecified atom stereocenters. The number of hydrogen-bond acceptors (Lipinski definition) is 12. The van der Waals surface area contributed by atoms with Crippen molar-refractivity contribution in [1.29, 1.82) is 5.26 Å². The monoisotopic (exact) mass is 748 g/mol. The van der Waals surface area contributed by atoms with Gasteiger partial charge in [0, 0.05) is 64.2 Å². The molecule has 11 nitrogen and oxygen atoms in total. The number of carbonyl (C=O) groups excluding carboxylic acids is 1. The van der Waals surface area contributed by atoms with Crippen molar-refractivity contribution in [2.45, 2.75) is 88.0 Å². The van der Waals surface area contributed by atoms with E-state index in [2.05, 4.69) is 54.1 Å². The Balaban J connectivity index is 1.24. The molecule has 2 fully saturated rings. The molecule has 1 aromatic heterocycles. The number of nitrogens with zero attached hydrogens (tertiary/aromatic N) is 3. The Morgan fingerprint density at radius 2 is 1.93 bits per heavy atom. The summed E-state index contributed by atoms with van der Waals surface area (Å²) in [6.45, 7) is 9.88. The van der Waals surface area contributed by atoms with Gasteiger partial charge in [-0.3, -0.25) is 15.1 Å². The molecule has 1 spiro atoms. The minimum absolute atomic E-state index is 0.119. The van der Waals surface area contributed by atoms with E-state index in [0.717, 1.165) is 73.4 Å². The van der Waals surface area contributed by atoms with Crippen LogP contribution in [0.25, 0.3) is 11.0 Å². The number of aryl methyl sites for hydroxylation is 1. The Morgan fingerprint density at radius 1 is 1.11 bits per heavy atom. The van der Waals surface area contributed by atoms with Crippen molar-refractivity contribution in [3.8, 4) is 29.1 Å². The third kappa shape index (κ3) is 4.38. The smallest absolute Gasteiger partial charge is 0.335 e. The summed E-state index contributed by atoms with van der Waals surface area (Å²) in [5.74, 6) is 2.68. The number of benzene rings is 3. The summed E-state index contributed by atoms with van der Waals surface area (Å²) in [5, 5.41) is 27.8. The number of methoxy groups -OCH3 is 1. The van der Waals surface area contributed by atoms with E-state index in [1.165, 1.54) is 0 Å². The number of phenolic OH excluding ortho intramolecular Hbond substituents is 1. The lowest BCUT2D eigenvalue weighted by atomic mass is 9.70. The van der Waals surface area contributed by atoms with Gasteiger partial charge in [0.25, 0.3) is 0 Å². The summed E-state index contributed by atoms with van der Waals surface area (Å²) in [6, 6.07) is 11.4. The van der Waals surface area contributed by atoms with E-state index in [-0.39, 0.29) is 54.5 Å². The maximum Gasteiger partial charge on any atom is 0.335 e. The van der Waals surface area contributed by atoms with Gasteiger partial charge in [0.2, 0.25) is 6.79 Å². The van der Waals surface area contributed by atoms with Gasteiger partial charge >= 0.3 is 5.97 Å². The second-order valence-electron chi connectivity index (χ2n) is 15.5. The number of thioether (sulfide) groups is 1. The third-order valence-electron chi connectivity index (χ3n) is 13.2. The number of para-hydroxylation sites is 1. The van der Waals surface area contributed by atoms with Crippen LogP contribution in [0.4, 0.5) is 0 Å². The number of piperazine rings is 1. The zero-order valence-electron chi connectivity index (χ0n) is 31.2. The average Bonchev–Trinajstić information content (AvgIpc) is 3.81. The number of nitrogens with one attached hydrogen (secondary N) is 1. The van der Waals surface area contributed by atoms with Crippen LogP contribution in [0.5, 0.6) is 23.0 Å². The highest BCUT2D eigenvalue weighted by atomic mass is 32.2. The maximum atomic E-state index is 14.7. The normalized spacial score (nSPS) is 29.8. The van der Waals surface area contributed by atoms with Crippen LogP contribution < -0.4 is 19.5 Å². The molecule has 12 heteroatoms. The van der Waals surface area contributed by atoms with Crippen molar-refractivity contribution in [2.75, 3.05) is 39.4 Å². The quantitative estimate of drug-likeness (QED) is 0.227. The van der Waals surface area contributed by atoms with Crippen molar-refractivity contribution in [3.05, 3.63) is 80.6 Å². The maximum absolute atomic E-state index is 14.7. The highest BCUT2D eigenvalue weighted by molar-refractivity contribution is 7.99. The fourth-order valence-corrected chi connectivity index (χ4v) is 12.6. The number of phenols is 1. The first kappa shape index (κ1) is 34.1. The molecular formula is C42H44N4O7S. The van der Waals surface area contributed by atoms with Gasteiger partial charge in [-0.1, -0.05) is 31.2 Å². The number of furan rings is 1. The van der Waals surface area contributed by atoms with Gasteiger partial charge in [0.15, 0.2) is 28.5 Å². The summed E-state index contributed by atoms with van der Waals surface area (Å²) in [5.41, 5.74) is 7.62. The fourth-order valence-electron chi connectivity index (χ4n) is 10.9. The molecule has 11 rings (SSSR count). The van der Waals surface area contributed by atoms with Crippen LogP contribution in [0.3, 0.4) is 0 Å². The number of aromatic hydroxyl groups is 1. The molecule has 54 heavy (non-hydrogen) atoms. The number of hydrogen-bond donors (Lipinski definition) is 2. The number of rotatable bonds is 2. The lowest BCUT2D eigenvalue weighted by Gasteiger charge is -2.62. The number of fused-ring (bicyclic) bond motifs is 12. The van der Waals surface area contributed by atoms with Crippen molar-refractivity contribution < 1.29 is 33.3 Å². The Bertz CT molecular complexity index is 2300. The van der Waals surface area contributed by atoms with E-state index in [1.807, 2.05) is 25.1 Å². The Labute approximate surface area is 318 Å².